The fourth-order valence-corrected chi connectivity index (χ4v) is 3.05. The third-order valence-corrected chi connectivity index (χ3v) is 4.54. The fourth-order valence-electron chi connectivity index (χ4n) is 3.05. The highest BCUT2D eigenvalue weighted by molar-refractivity contribution is 5.91. The van der Waals surface area contributed by atoms with Crippen LogP contribution in [0.25, 0.3) is 6.08 Å². The number of likely N-dealkylation sites (tertiary alicyclic amines) is 1. The van der Waals surface area contributed by atoms with E-state index in [1.807, 2.05) is 36.5 Å². The number of carbonyl (C=O) groups excluding carboxylic acids is 1. The van der Waals surface area contributed by atoms with Crippen molar-refractivity contribution in [3.8, 4) is 0 Å². The topological polar surface area (TPSA) is 49.6 Å². The molecule has 5 heteroatoms. The molecule has 3 heterocycles. The van der Waals surface area contributed by atoms with Gasteiger partial charge in [-0.15, -0.1) is 0 Å². The number of pyridine rings is 1. The molecule has 2 aromatic heterocycles. The SMILES string of the molecule is CN(C(=O)/C=C/c1ccco1)C1CCN(Cc2ccncc2)CC1. The Morgan fingerprint density at radius 1 is 1.33 bits per heavy atom. The molecule has 5 nitrogen and oxygen atoms in total. The van der Waals surface area contributed by atoms with Gasteiger partial charge in [0.2, 0.25) is 5.91 Å². The molecule has 0 unspecified atom stereocenters. The Hall–Kier alpha value is -2.40. The lowest BCUT2D eigenvalue weighted by molar-refractivity contribution is -0.127. The van der Waals surface area contributed by atoms with E-state index in [2.05, 4.69) is 22.0 Å². The van der Waals surface area contributed by atoms with Crippen LogP contribution in [-0.4, -0.2) is 46.9 Å². The second-order valence-corrected chi connectivity index (χ2v) is 6.16. The summed E-state index contributed by atoms with van der Waals surface area (Å²) >= 11 is 0. The molecule has 1 aliphatic heterocycles. The van der Waals surface area contributed by atoms with Gasteiger partial charge in [-0.2, -0.15) is 0 Å². The molecule has 0 spiro atoms. The molecule has 0 radical (unpaired) electrons. The van der Waals surface area contributed by atoms with E-state index in [1.165, 1.54) is 5.56 Å². The van der Waals surface area contributed by atoms with Gasteiger partial charge in [0.15, 0.2) is 0 Å². The zero-order valence-electron chi connectivity index (χ0n) is 14.0. The van der Waals surface area contributed by atoms with Crippen LogP contribution in [0.15, 0.2) is 53.4 Å². The van der Waals surface area contributed by atoms with Gasteiger partial charge < -0.3 is 9.32 Å². The van der Waals surface area contributed by atoms with Crippen molar-refractivity contribution < 1.29 is 9.21 Å². The van der Waals surface area contributed by atoms with Crippen molar-refractivity contribution in [2.45, 2.75) is 25.4 Å². The average Bonchev–Trinajstić information content (AvgIpc) is 3.14. The van der Waals surface area contributed by atoms with Crippen LogP contribution in [-0.2, 0) is 11.3 Å². The van der Waals surface area contributed by atoms with Crippen molar-refractivity contribution in [3.63, 3.8) is 0 Å². The molecule has 1 fully saturated rings. The van der Waals surface area contributed by atoms with E-state index >= 15 is 0 Å². The summed E-state index contributed by atoms with van der Waals surface area (Å²) in [5.41, 5.74) is 1.29. The molecule has 0 aromatic carbocycles. The highest BCUT2D eigenvalue weighted by atomic mass is 16.3. The van der Waals surface area contributed by atoms with Crippen LogP contribution in [0.5, 0.6) is 0 Å². The van der Waals surface area contributed by atoms with Crippen molar-refractivity contribution in [2.24, 2.45) is 0 Å². The third kappa shape index (κ3) is 4.32. The maximum Gasteiger partial charge on any atom is 0.246 e. The lowest BCUT2D eigenvalue weighted by atomic mass is 10.0. The van der Waals surface area contributed by atoms with E-state index in [0.29, 0.717) is 11.8 Å². The Kier molecular flexibility index (Phi) is 5.43. The van der Waals surface area contributed by atoms with E-state index in [0.717, 1.165) is 32.5 Å². The molecule has 0 atom stereocenters. The Morgan fingerprint density at radius 3 is 2.75 bits per heavy atom. The Morgan fingerprint density at radius 2 is 2.08 bits per heavy atom. The van der Waals surface area contributed by atoms with E-state index in [-0.39, 0.29) is 5.91 Å². The summed E-state index contributed by atoms with van der Waals surface area (Å²) < 4.78 is 5.21. The minimum atomic E-state index is 0.0268. The molecule has 1 aliphatic rings. The van der Waals surface area contributed by atoms with Crippen LogP contribution in [0.1, 0.15) is 24.2 Å². The quantitative estimate of drug-likeness (QED) is 0.793. The first-order valence-corrected chi connectivity index (χ1v) is 8.32. The molecule has 126 valence electrons. The van der Waals surface area contributed by atoms with Crippen LogP contribution in [0.3, 0.4) is 0 Å². The Labute approximate surface area is 142 Å². The number of furan rings is 1. The molecule has 3 rings (SSSR count). The largest absolute Gasteiger partial charge is 0.465 e. The molecule has 24 heavy (non-hydrogen) atoms. The molecular weight excluding hydrogens is 302 g/mol. The molecule has 0 aliphatic carbocycles. The number of hydrogen-bond acceptors (Lipinski definition) is 4. The van der Waals surface area contributed by atoms with E-state index in [1.54, 1.807) is 18.4 Å². The van der Waals surface area contributed by atoms with E-state index in [9.17, 15) is 4.79 Å². The van der Waals surface area contributed by atoms with Gasteiger partial charge in [0, 0.05) is 51.2 Å². The fraction of sp³-hybridized carbons (Fsp3) is 0.368. The van der Waals surface area contributed by atoms with Gasteiger partial charge in [0.05, 0.1) is 6.26 Å². The molecule has 1 amide bonds. The highest BCUT2D eigenvalue weighted by Gasteiger charge is 2.24. The number of likely N-dealkylation sites (N-methyl/N-ethyl adjacent to an activating group) is 1. The van der Waals surface area contributed by atoms with Gasteiger partial charge in [-0.1, -0.05) is 0 Å². The predicted octanol–water partition coefficient (Wildman–Crippen LogP) is 2.81. The summed E-state index contributed by atoms with van der Waals surface area (Å²) in [4.78, 5) is 20.6. The van der Waals surface area contributed by atoms with Crippen LogP contribution in [0.2, 0.25) is 0 Å². The molecular formula is C19H23N3O2. The summed E-state index contributed by atoms with van der Waals surface area (Å²) in [7, 11) is 1.89. The maximum absolute atomic E-state index is 12.3. The smallest absolute Gasteiger partial charge is 0.246 e. The van der Waals surface area contributed by atoms with Gasteiger partial charge >= 0.3 is 0 Å². The second-order valence-electron chi connectivity index (χ2n) is 6.16. The third-order valence-electron chi connectivity index (χ3n) is 4.54. The van der Waals surface area contributed by atoms with Crippen molar-refractivity contribution in [1.82, 2.24) is 14.8 Å². The summed E-state index contributed by atoms with van der Waals surface area (Å²) in [5.74, 6) is 0.725. The zero-order valence-corrected chi connectivity index (χ0v) is 14.0. The second kappa shape index (κ2) is 7.93. The number of amides is 1. The first kappa shape index (κ1) is 16.5. The van der Waals surface area contributed by atoms with Crippen molar-refractivity contribution in [2.75, 3.05) is 20.1 Å². The summed E-state index contributed by atoms with van der Waals surface area (Å²) in [6.45, 7) is 2.96. The van der Waals surface area contributed by atoms with Gasteiger partial charge in [-0.25, -0.2) is 0 Å². The molecule has 2 aromatic rings. The zero-order chi connectivity index (χ0) is 16.8. The normalized spacial score (nSPS) is 16.5. The van der Waals surface area contributed by atoms with Gasteiger partial charge in [0.1, 0.15) is 5.76 Å². The first-order valence-electron chi connectivity index (χ1n) is 8.32. The predicted molar refractivity (Wildman–Crippen MR) is 93.0 cm³/mol. The van der Waals surface area contributed by atoms with Crippen molar-refractivity contribution >= 4 is 12.0 Å². The average molecular weight is 325 g/mol. The molecule has 0 N–H and O–H groups in total. The van der Waals surface area contributed by atoms with Gasteiger partial charge in [-0.3, -0.25) is 14.7 Å². The molecule has 0 saturated carbocycles. The monoisotopic (exact) mass is 325 g/mol. The standard InChI is InChI=1S/C19H23N3O2/c1-21(19(23)5-4-18-3-2-14-24-18)17-8-12-22(13-9-17)15-16-6-10-20-11-7-16/h2-7,10-11,14,17H,8-9,12-13,15H2,1H3/b5-4+. The maximum atomic E-state index is 12.3. The van der Waals surface area contributed by atoms with Crippen LogP contribution in [0.4, 0.5) is 0 Å². The molecule has 1 saturated heterocycles. The lowest BCUT2D eigenvalue weighted by Gasteiger charge is -2.36. The summed E-state index contributed by atoms with van der Waals surface area (Å²) in [6.07, 6.45) is 10.6. The number of hydrogen-bond donors (Lipinski definition) is 0. The summed E-state index contributed by atoms with van der Waals surface area (Å²) in [6, 6.07) is 8.06. The van der Waals surface area contributed by atoms with Crippen LogP contribution >= 0.6 is 0 Å². The highest BCUT2D eigenvalue weighted by Crippen LogP contribution is 2.18. The van der Waals surface area contributed by atoms with Crippen molar-refractivity contribution in [3.05, 3.63) is 60.3 Å². The minimum Gasteiger partial charge on any atom is -0.465 e. The molecule has 0 bridgehead atoms. The van der Waals surface area contributed by atoms with Crippen LogP contribution < -0.4 is 0 Å². The number of piperidine rings is 1. The van der Waals surface area contributed by atoms with Crippen LogP contribution in [0, 0.1) is 0 Å². The lowest BCUT2D eigenvalue weighted by Crippen LogP contribution is -2.44. The van der Waals surface area contributed by atoms with Crippen molar-refractivity contribution in [1.29, 1.82) is 0 Å². The number of carbonyl (C=O) groups is 1. The van der Waals surface area contributed by atoms with E-state index < -0.39 is 0 Å². The summed E-state index contributed by atoms with van der Waals surface area (Å²) in [5, 5.41) is 0. The number of aromatic nitrogens is 1. The Bertz CT molecular complexity index is 659. The number of rotatable bonds is 5. The Balaban J connectivity index is 1.48. The minimum absolute atomic E-state index is 0.0268. The first-order chi connectivity index (χ1) is 11.7. The van der Waals surface area contributed by atoms with E-state index in [4.69, 9.17) is 4.42 Å². The number of nitrogens with zero attached hydrogens (tertiary/aromatic N) is 3. The van der Waals surface area contributed by atoms with Gasteiger partial charge in [-0.05, 0) is 48.7 Å². The van der Waals surface area contributed by atoms with Gasteiger partial charge in [0.25, 0.3) is 0 Å².